The Morgan fingerprint density at radius 3 is 2.16 bits per heavy atom. The number of rotatable bonds is 5. The van der Waals surface area contributed by atoms with Crippen LogP contribution in [-0.4, -0.2) is 11.9 Å². The van der Waals surface area contributed by atoms with Crippen molar-refractivity contribution in [1.82, 2.24) is 5.32 Å². The molecule has 0 saturated carbocycles. The highest BCUT2D eigenvalue weighted by Gasteiger charge is 2.17. The first-order valence-corrected chi connectivity index (χ1v) is 10.3. The number of carbonyl (C=O) groups excluding carboxylic acids is 2. The van der Waals surface area contributed by atoms with E-state index in [0.717, 1.165) is 6.07 Å². The molecule has 0 saturated heterocycles. The van der Waals surface area contributed by atoms with E-state index < -0.39 is 23.6 Å². The molecule has 0 heterocycles. The second-order valence-corrected chi connectivity index (χ2v) is 7.98. The first kappa shape index (κ1) is 23.3. The molecule has 0 aliphatic carbocycles. The first-order chi connectivity index (χ1) is 15.1. The van der Waals surface area contributed by atoms with Crippen LogP contribution in [0.4, 0.5) is 29.3 Å². The Balaban J connectivity index is 1.70. The Morgan fingerprint density at radius 1 is 0.844 bits per heavy atom. The lowest BCUT2D eigenvalue weighted by molar-refractivity contribution is 0.102. The van der Waals surface area contributed by atoms with Crippen LogP contribution < -0.4 is 16.0 Å². The minimum Gasteiger partial charge on any atom is -0.334 e. The Morgan fingerprint density at radius 2 is 1.50 bits per heavy atom. The lowest BCUT2D eigenvalue weighted by Crippen LogP contribution is -2.28. The number of nitrogens with one attached hydrogen (secondary N) is 3. The predicted octanol–water partition coefficient (Wildman–Crippen LogP) is 6.06. The maximum absolute atomic E-state index is 14.4. The van der Waals surface area contributed by atoms with E-state index in [-0.39, 0.29) is 28.1 Å². The fourth-order valence-electron chi connectivity index (χ4n) is 2.91. The smallest absolute Gasteiger partial charge is 0.319 e. The van der Waals surface area contributed by atoms with E-state index >= 15 is 0 Å². The second-order valence-electron chi connectivity index (χ2n) is 7.12. The molecule has 0 bridgehead atoms. The number of carbonyl (C=O) groups is 2. The van der Waals surface area contributed by atoms with Crippen LogP contribution in [0.25, 0.3) is 0 Å². The molecular weight excluding hydrogens is 487 g/mol. The van der Waals surface area contributed by atoms with Crippen LogP contribution in [0.15, 0.2) is 53.0 Å². The van der Waals surface area contributed by atoms with Crippen LogP contribution >= 0.6 is 15.9 Å². The van der Waals surface area contributed by atoms with Gasteiger partial charge in [0.2, 0.25) is 0 Å². The molecule has 0 unspecified atom stereocenters. The molecule has 3 aromatic rings. The minimum absolute atomic E-state index is 0.0674. The van der Waals surface area contributed by atoms with E-state index in [1.165, 1.54) is 36.4 Å². The molecule has 3 amide bonds. The zero-order chi connectivity index (χ0) is 23.4. The maximum atomic E-state index is 14.4. The second kappa shape index (κ2) is 9.86. The van der Waals surface area contributed by atoms with Gasteiger partial charge in [0.05, 0.1) is 11.3 Å². The van der Waals surface area contributed by atoms with Gasteiger partial charge in [0.1, 0.15) is 17.5 Å². The van der Waals surface area contributed by atoms with Gasteiger partial charge in [-0.15, -0.1) is 0 Å². The maximum Gasteiger partial charge on any atom is 0.319 e. The minimum atomic E-state index is -0.751. The quantitative estimate of drug-likeness (QED) is 0.394. The van der Waals surface area contributed by atoms with Gasteiger partial charge in [0.25, 0.3) is 5.91 Å². The summed E-state index contributed by atoms with van der Waals surface area (Å²) in [4.78, 5) is 24.8. The summed E-state index contributed by atoms with van der Waals surface area (Å²) in [5.41, 5.74) is 1.70. The average Bonchev–Trinajstić information content (AvgIpc) is 2.73. The van der Waals surface area contributed by atoms with E-state index in [1.54, 1.807) is 19.9 Å². The van der Waals surface area contributed by atoms with Crippen molar-refractivity contribution in [3.8, 4) is 0 Å². The van der Waals surface area contributed by atoms with Gasteiger partial charge in [-0.1, -0.05) is 12.1 Å². The van der Waals surface area contributed by atoms with Gasteiger partial charge >= 0.3 is 6.03 Å². The number of aryl methyl sites for hydroxylation is 2. The molecule has 0 radical (unpaired) electrons. The number of urea groups is 1. The predicted molar refractivity (Wildman–Crippen MR) is 120 cm³/mol. The summed E-state index contributed by atoms with van der Waals surface area (Å²) < 4.78 is 41.3. The molecule has 0 aromatic heterocycles. The molecule has 0 spiro atoms. The molecule has 32 heavy (non-hydrogen) atoms. The van der Waals surface area contributed by atoms with Crippen molar-refractivity contribution in [3.05, 3.63) is 92.7 Å². The third kappa shape index (κ3) is 5.67. The van der Waals surface area contributed by atoms with Crippen molar-refractivity contribution in [2.75, 3.05) is 10.6 Å². The summed E-state index contributed by atoms with van der Waals surface area (Å²) in [5, 5.41) is 7.52. The molecule has 166 valence electrons. The van der Waals surface area contributed by atoms with E-state index in [4.69, 9.17) is 0 Å². The van der Waals surface area contributed by atoms with Gasteiger partial charge in [0.15, 0.2) is 0 Å². The Bertz CT molecular complexity index is 1200. The Labute approximate surface area is 191 Å². The first-order valence-electron chi connectivity index (χ1n) is 9.50. The number of anilines is 2. The number of hydrogen-bond acceptors (Lipinski definition) is 2. The van der Waals surface area contributed by atoms with Crippen molar-refractivity contribution in [2.24, 2.45) is 0 Å². The summed E-state index contributed by atoms with van der Waals surface area (Å²) in [6.45, 7) is 3.27. The molecule has 3 rings (SSSR count). The standard InChI is InChI=1S/C23H19BrF3N3O2/c1-12-7-14(3-5-18(12)25)11-28-23(32)30-21-9-16(17(24)10-20(21)27)22(31)29-15-4-6-19(26)13(2)8-15/h3-10H,11H2,1-2H3,(H,29,31)(H2,28,30,32). The van der Waals surface area contributed by atoms with Crippen molar-refractivity contribution < 1.29 is 22.8 Å². The molecule has 0 aliphatic rings. The lowest BCUT2D eigenvalue weighted by Gasteiger charge is -2.13. The molecule has 5 nitrogen and oxygen atoms in total. The van der Waals surface area contributed by atoms with Crippen molar-refractivity contribution in [3.63, 3.8) is 0 Å². The van der Waals surface area contributed by atoms with Crippen LogP contribution in [0.2, 0.25) is 0 Å². The van der Waals surface area contributed by atoms with Gasteiger partial charge in [0, 0.05) is 16.7 Å². The monoisotopic (exact) mass is 505 g/mol. The highest BCUT2D eigenvalue weighted by Crippen LogP contribution is 2.26. The highest BCUT2D eigenvalue weighted by molar-refractivity contribution is 9.10. The SMILES string of the molecule is Cc1cc(CNC(=O)Nc2cc(C(=O)Nc3ccc(F)c(C)c3)c(Br)cc2F)ccc1F. The molecule has 0 atom stereocenters. The van der Waals surface area contributed by atoms with E-state index in [2.05, 4.69) is 31.9 Å². The topological polar surface area (TPSA) is 70.2 Å². The molecular formula is C23H19BrF3N3O2. The van der Waals surface area contributed by atoms with Crippen molar-refractivity contribution in [2.45, 2.75) is 20.4 Å². The Kier molecular flexibility index (Phi) is 7.19. The molecule has 0 fully saturated rings. The van der Waals surface area contributed by atoms with E-state index in [0.29, 0.717) is 22.4 Å². The van der Waals surface area contributed by atoms with E-state index in [1.807, 2.05) is 0 Å². The highest BCUT2D eigenvalue weighted by atomic mass is 79.9. The third-order valence-electron chi connectivity index (χ3n) is 4.64. The molecule has 3 N–H and O–H groups in total. The zero-order valence-electron chi connectivity index (χ0n) is 17.2. The summed E-state index contributed by atoms with van der Waals surface area (Å²) in [5.74, 6) is -2.08. The average molecular weight is 506 g/mol. The summed E-state index contributed by atoms with van der Waals surface area (Å²) in [6.07, 6.45) is 0. The lowest BCUT2D eigenvalue weighted by atomic mass is 10.1. The van der Waals surface area contributed by atoms with Crippen LogP contribution in [0.5, 0.6) is 0 Å². The number of benzene rings is 3. The van der Waals surface area contributed by atoms with Crippen LogP contribution in [0.1, 0.15) is 27.0 Å². The van der Waals surface area contributed by atoms with Gasteiger partial charge in [-0.2, -0.15) is 0 Å². The number of amides is 3. The normalized spacial score (nSPS) is 10.6. The third-order valence-corrected chi connectivity index (χ3v) is 5.30. The molecule has 9 heteroatoms. The summed E-state index contributed by atoms with van der Waals surface area (Å²) >= 11 is 3.14. The number of hydrogen-bond donors (Lipinski definition) is 3. The van der Waals surface area contributed by atoms with Gasteiger partial charge in [-0.25, -0.2) is 18.0 Å². The largest absolute Gasteiger partial charge is 0.334 e. The molecule has 0 aliphatic heterocycles. The Hall–Kier alpha value is -3.33. The summed E-state index contributed by atoms with van der Waals surface area (Å²) in [7, 11) is 0. The summed E-state index contributed by atoms with van der Waals surface area (Å²) in [6, 6.07) is 10.1. The molecule has 3 aromatic carbocycles. The fraction of sp³-hybridized carbons (Fsp3) is 0.130. The van der Waals surface area contributed by atoms with Gasteiger partial charge < -0.3 is 16.0 Å². The van der Waals surface area contributed by atoms with Gasteiger partial charge in [-0.05, 0) is 82.9 Å². The van der Waals surface area contributed by atoms with Crippen LogP contribution in [0, 0.1) is 31.3 Å². The number of halogens is 4. The van der Waals surface area contributed by atoms with Crippen molar-refractivity contribution in [1.29, 1.82) is 0 Å². The van der Waals surface area contributed by atoms with Crippen LogP contribution in [0.3, 0.4) is 0 Å². The zero-order valence-corrected chi connectivity index (χ0v) is 18.7. The van der Waals surface area contributed by atoms with Crippen LogP contribution in [-0.2, 0) is 6.54 Å². The fourth-order valence-corrected chi connectivity index (χ4v) is 3.40. The van der Waals surface area contributed by atoms with E-state index in [9.17, 15) is 22.8 Å². The van der Waals surface area contributed by atoms with Crippen molar-refractivity contribution >= 4 is 39.2 Å². The van der Waals surface area contributed by atoms with Gasteiger partial charge in [-0.3, -0.25) is 4.79 Å².